The summed E-state index contributed by atoms with van der Waals surface area (Å²) in [6.45, 7) is 1.85. The molecule has 0 aliphatic heterocycles. The molecule has 0 aliphatic carbocycles. The second-order valence-corrected chi connectivity index (χ2v) is 3.81. The van der Waals surface area contributed by atoms with Gasteiger partial charge >= 0.3 is 0 Å². The fourth-order valence-corrected chi connectivity index (χ4v) is 1.52. The van der Waals surface area contributed by atoms with Crippen molar-refractivity contribution in [3.63, 3.8) is 0 Å². The van der Waals surface area contributed by atoms with E-state index in [1.807, 2.05) is 30.3 Å². The van der Waals surface area contributed by atoms with E-state index in [0.717, 1.165) is 11.6 Å². The Kier molecular flexibility index (Phi) is 3.38. The topological polar surface area (TPSA) is 9.23 Å². The van der Waals surface area contributed by atoms with Crippen LogP contribution in [0.25, 0.3) is 0 Å². The van der Waals surface area contributed by atoms with Gasteiger partial charge in [-0.15, -0.1) is 0 Å². The zero-order valence-electron chi connectivity index (χ0n) is 9.41. The number of ether oxygens (including phenoxy) is 1. The molecule has 0 radical (unpaired) electrons. The van der Waals surface area contributed by atoms with E-state index in [2.05, 4.69) is 0 Å². The molecule has 2 aromatic carbocycles. The molecular weight excluding hydrogens is 222 g/mol. The highest BCUT2D eigenvalue weighted by atomic mass is 19.2. The van der Waals surface area contributed by atoms with Crippen LogP contribution in [0.3, 0.4) is 0 Å². The maximum atomic E-state index is 13.1. The van der Waals surface area contributed by atoms with Crippen LogP contribution < -0.4 is 4.74 Å². The number of halogens is 2. The number of benzene rings is 2. The van der Waals surface area contributed by atoms with Crippen molar-refractivity contribution in [3.8, 4) is 5.75 Å². The van der Waals surface area contributed by atoms with E-state index in [0.29, 0.717) is 12.4 Å². The van der Waals surface area contributed by atoms with Gasteiger partial charge in [-0.05, 0) is 24.1 Å². The number of aryl methyl sites for hydroxylation is 1. The summed E-state index contributed by atoms with van der Waals surface area (Å²) in [5.41, 5.74) is 1.22. The molecule has 1 nitrogen and oxygen atoms in total. The zero-order chi connectivity index (χ0) is 12.3. The summed E-state index contributed by atoms with van der Waals surface area (Å²) in [4.78, 5) is 0. The Balaban J connectivity index is 2.10. The molecule has 0 atom stereocenters. The van der Waals surface area contributed by atoms with Crippen molar-refractivity contribution in [2.45, 2.75) is 13.5 Å². The standard InChI is InChI=1S/C14H12F2O/c1-10-7-12(8-13(15)14(10)16)17-9-11-5-3-2-4-6-11/h2-8H,9H2,1H3. The Morgan fingerprint density at radius 2 is 1.76 bits per heavy atom. The summed E-state index contributed by atoms with van der Waals surface area (Å²) >= 11 is 0. The predicted octanol–water partition coefficient (Wildman–Crippen LogP) is 3.85. The minimum absolute atomic E-state index is 0.244. The van der Waals surface area contributed by atoms with Crippen molar-refractivity contribution < 1.29 is 13.5 Å². The van der Waals surface area contributed by atoms with Crippen LogP contribution in [0.5, 0.6) is 5.75 Å². The first-order valence-corrected chi connectivity index (χ1v) is 5.29. The van der Waals surface area contributed by atoms with E-state index < -0.39 is 11.6 Å². The molecule has 0 amide bonds. The van der Waals surface area contributed by atoms with Crippen molar-refractivity contribution in [3.05, 3.63) is 65.2 Å². The van der Waals surface area contributed by atoms with Gasteiger partial charge in [0.1, 0.15) is 12.4 Å². The highest BCUT2D eigenvalue weighted by Crippen LogP contribution is 2.20. The van der Waals surface area contributed by atoms with Crippen LogP contribution in [0.15, 0.2) is 42.5 Å². The molecule has 0 fully saturated rings. The van der Waals surface area contributed by atoms with Gasteiger partial charge in [0.15, 0.2) is 11.6 Å². The van der Waals surface area contributed by atoms with Crippen LogP contribution in [-0.4, -0.2) is 0 Å². The van der Waals surface area contributed by atoms with E-state index >= 15 is 0 Å². The monoisotopic (exact) mass is 234 g/mol. The lowest BCUT2D eigenvalue weighted by atomic mass is 10.2. The van der Waals surface area contributed by atoms with Crippen molar-refractivity contribution in [2.24, 2.45) is 0 Å². The normalized spacial score (nSPS) is 10.3. The number of hydrogen-bond acceptors (Lipinski definition) is 1. The highest BCUT2D eigenvalue weighted by Gasteiger charge is 2.08. The van der Waals surface area contributed by atoms with Crippen LogP contribution in [0.1, 0.15) is 11.1 Å². The quantitative estimate of drug-likeness (QED) is 0.783. The predicted molar refractivity (Wildman–Crippen MR) is 61.9 cm³/mol. The number of hydrogen-bond donors (Lipinski definition) is 0. The molecule has 2 rings (SSSR count). The molecule has 0 saturated heterocycles. The average molecular weight is 234 g/mol. The second-order valence-electron chi connectivity index (χ2n) is 3.81. The third-order valence-corrected chi connectivity index (χ3v) is 2.43. The summed E-state index contributed by atoms with van der Waals surface area (Å²) in [7, 11) is 0. The number of rotatable bonds is 3. The second kappa shape index (κ2) is 4.95. The summed E-state index contributed by atoms with van der Waals surface area (Å²) in [5, 5.41) is 0. The molecule has 2 aromatic rings. The van der Waals surface area contributed by atoms with Crippen LogP contribution >= 0.6 is 0 Å². The average Bonchev–Trinajstić information content (AvgIpc) is 2.34. The largest absolute Gasteiger partial charge is 0.489 e. The van der Waals surface area contributed by atoms with Crippen molar-refractivity contribution in [1.82, 2.24) is 0 Å². The lowest BCUT2D eigenvalue weighted by molar-refractivity contribution is 0.303. The van der Waals surface area contributed by atoms with Gasteiger partial charge in [0, 0.05) is 6.07 Å². The molecule has 0 unspecified atom stereocenters. The summed E-state index contributed by atoms with van der Waals surface area (Å²) in [6, 6.07) is 12.1. The molecule has 0 saturated carbocycles. The zero-order valence-corrected chi connectivity index (χ0v) is 9.41. The highest BCUT2D eigenvalue weighted by molar-refractivity contribution is 5.30. The van der Waals surface area contributed by atoms with Gasteiger partial charge in [0.25, 0.3) is 0 Å². The Labute approximate surface area is 98.7 Å². The molecule has 0 N–H and O–H groups in total. The van der Waals surface area contributed by atoms with E-state index in [1.54, 1.807) is 0 Å². The smallest absolute Gasteiger partial charge is 0.162 e. The molecule has 17 heavy (non-hydrogen) atoms. The molecule has 0 bridgehead atoms. The summed E-state index contributed by atoms with van der Waals surface area (Å²) in [5.74, 6) is -1.37. The first-order valence-electron chi connectivity index (χ1n) is 5.29. The van der Waals surface area contributed by atoms with Crippen LogP contribution in [-0.2, 0) is 6.61 Å². The minimum atomic E-state index is -0.881. The van der Waals surface area contributed by atoms with E-state index in [9.17, 15) is 8.78 Å². The minimum Gasteiger partial charge on any atom is -0.489 e. The van der Waals surface area contributed by atoms with Gasteiger partial charge in [0.05, 0.1) is 0 Å². The van der Waals surface area contributed by atoms with Crippen molar-refractivity contribution in [1.29, 1.82) is 0 Å². The first-order chi connectivity index (χ1) is 8.16. The maximum absolute atomic E-state index is 13.1. The van der Waals surface area contributed by atoms with Crippen LogP contribution in [0, 0.1) is 18.6 Å². The van der Waals surface area contributed by atoms with Gasteiger partial charge < -0.3 is 4.74 Å². The fraction of sp³-hybridized carbons (Fsp3) is 0.143. The Bertz CT molecular complexity index is 486. The molecule has 0 aliphatic rings. The fourth-order valence-electron chi connectivity index (χ4n) is 1.52. The Morgan fingerprint density at radius 3 is 2.41 bits per heavy atom. The van der Waals surface area contributed by atoms with Crippen LogP contribution in [0.2, 0.25) is 0 Å². The van der Waals surface area contributed by atoms with E-state index in [1.165, 1.54) is 13.0 Å². The third-order valence-electron chi connectivity index (χ3n) is 2.43. The maximum Gasteiger partial charge on any atom is 0.162 e. The summed E-state index contributed by atoms with van der Waals surface area (Å²) in [6.07, 6.45) is 0. The Morgan fingerprint density at radius 1 is 1.06 bits per heavy atom. The van der Waals surface area contributed by atoms with Gasteiger partial charge in [-0.1, -0.05) is 30.3 Å². The van der Waals surface area contributed by atoms with Gasteiger partial charge in [0.2, 0.25) is 0 Å². The first kappa shape index (κ1) is 11.6. The molecular formula is C14H12F2O. The van der Waals surface area contributed by atoms with Gasteiger partial charge in [-0.3, -0.25) is 0 Å². The van der Waals surface area contributed by atoms with Gasteiger partial charge in [-0.25, -0.2) is 8.78 Å². The summed E-state index contributed by atoms with van der Waals surface area (Å²) < 4.78 is 31.6. The van der Waals surface area contributed by atoms with E-state index in [-0.39, 0.29) is 5.56 Å². The van der Waals surface area contributed by atoms with Gasteiger partial charge in [-0.2, -0.15) is 0 Å². The van der Waals surface area contributed by atoms with Crippen LogP contribution in [0.4, 0.5) is 8.78 Å². The molecule has 88 valence electrons. The lowest BCUT2D eigenvalue weighted by Gasteiger charge is -2.08. The van der Waals surface area contributed by atoms with Crippen molar-refractivity contribution >= 4 is 0 Å². The SMILES string of the molecule is Cc1cc(OCc2ccccc2)cc(F)c1F. The molecule has 0 heterocycles. The molecule has 0 aromatic heterocycles. The molecule has 0 spiro atoms. The van der Waals surface area contributed by atoms with Crippen molar-refractivity contribution in [2.75, 3.05) is 0 Å². The molecule has 3 heteroatoms. The lowest BCUT2D eigenvalue weighted by Crippen LogP contribution is -1.97. The third kappa shape index (κ3) is 2.81. The Hall–Kier alpha value is -1.90. The van der Waals surface area contributed by atoms with E-state index in [4.69, 9.17) is 4.74 Å².